The molecule has 5 rings (SSSR count). The fourth-order valence-corrected chi connectivity index (χ4v) is 4.64. The van der Waals surface area contributed by atoms with Crippen molar-refractivity contribution in [3.8, 4) is 22.7 Å². The Balaban J connectivity index is 1.34. The van der Waals surface area contributed by atoms with Gasteiger partial charge in [-0.3, -0.25) is 9.69 Å². The van der Waals surface area contributed by atoms with Crippen LogP contribution in [0.25, 0.3) is 23.0 Å². The van der Waals surface area contributed by atoms with Gasteiger partial charge in [0.15, 0.2) is 0 Å². The number of hydrogen-bond donors (Lipinski definition) is 0. The SMILES string of the molecule is COc1cccc(-c2cc(C(=O)N3CCN(CC=Cc4ccccc4)CC3)n(-c3cccc(Cl)c3)n2)c1. The molecule has 6 nitrogen and oxygen atoms in total. The number of amides is 1. The third-order valence-corrected chi connectivity index (χ3v) is 6.71. The summed E-state index contributed by atoms with van der Waals surface area (Å²) in [7, 11) is 1.63. The van der Waals surface area contributed by atoms with Crippen molar-refractivity contribution in [1.82, 2.24) is 19.6 Å². The minimum absolute atomic E-state index is 0.0406. The number of rotatable bonds is 7. The lowest BCUT2D eigenvalue weighted by molar-refractivity contribution is 0.0641. The van der Waals surface area contributed by atoms with Gasteiger partial charge in [-0.1, -0.05) is 72.3 Å². The van der Waals surface area contributed by atoms with Gasteiger partial charge in [0.05, 0.1) is 18.5 Å². The third kappa shape index (κ3) is 5.93. The highest BCUT2D eigenvalue weighted by Crippen LogP contribution is 2.27. The van der Waals surface area contributed by atoms with Crippen molar-refractivity contribution in [2.24, 2.45) is 0 Å². The quantitative estimate of drug-likeness (QED) is 0.320. The topological polar surface area (TPSA) is 50.6 Å². The molecule has 2 heterocycles. The summed E-state index contributed by atoms with van der Waals surface area (Å²) < 4.78 is 7.08. The highest BCUT2D eigenvalue weighted by atomic mass is 35.5. The number of carbonyl (C=O) groups is 1. The largest absolute Gasteiger partial charge is 0.497 e. The first-order valence-electron chi connectivity index (χ1n) is 12.3. The standard InChI is InChI=1S/C30H29ClN4O2/c1-37-27-14-5-11-24(20-27)28-22-29(35(32-28)26-13-6-12-25(31)21-26)30(36)34-18-16-33(17-19-34)15-7-10-23-8-3-2-4-9-23/h2-14,20-22H,15-19H2,1H3. The van der Waals surface area contributed by atoms with E-state index < -0.39 is 0 Å². The average Bonchev–Trinajstić information content (AvgIpc) is 3.39. The van der Waals surface area contributed by atoms with Gasteiger partial charge in [-0.2, -0.15) is 5.10 Å². The Morgan fingerprint density at radius 3 is 2.49 bits per heavy atom. The number of aromatic nitrogens is 2. The van der Waals surface area contributed by atoms with Gasteiger partial charge in [-0.05, 0) is 42.0 Å². The van der Waals surface area contributed by atoms with Crippen molar-refractivity contribution in [2.45, 2.75) is 0 Å². The Labute approximate surface area is 222 Å². The zero-order valence-electron chi connectivity index (χ0n) is 20.8. The van der Waals surface area contributed by atoms with Gasteiger partial charge in [-0.25, -0.2) is 4.68 Å². The summed E-state index contributed by atoms with van der Waals surface area (Å²) in [5, 5.41) is 5.39. The van der Waals surface area contributed by atoms with Crippen molar-refractivity contribution in [1.29, 1.82) is 0 Å². The van der Waals surface area contributed by atoms with Crippen molar-refractivity contribution < 1.29 is 9.53 Å². The van der Waals surface area contributed by atoms with Crippen LogP contribution < -0.4 is 4.74 Å². The third-order valence-electron chi connectivity index (χ3n) is 6.48. The second-order valence-electron chi connectivity index (χ2n) is 8.94. The second kappa shape index (κ2) is 11.5. The summed E-state index contributed by atoms with van der Waals surface area (Å²) in [4.78, 5) is 18.0. The molecule has 0 saturated carbocycles. The molecule has 0 aliphatic carbocycles. The number of hydrogen-bond acceptors (Lipinski definition) is 4. The van der Waals surface area contributed by atoms with Gasteiger partial charge >= 0.3 is 0 Å². The molecule has 37 heavy (non-hydrogen) atoms. The molecule has 0 radical (unpaired) electrons. The number of benzene rings is 3. The number of halogens is 1. The molecule has 1 amide bonds. The molecule has 1 aliphatic rings. The predicted molar refractivity (Wildman–Crippen MR) is 148 cm³/mol. The lowest BCUT2D eigenvalue weighted by Gasteiger charge is -2.34. The molecule has 0 N–H and O–H groups in total. The Morgan fingerprint density at radius 1 is 0.946 bits per heavy atom. The number of nitrogens with zero attached hydrogens (tertiary/aromatic N) is 4. The second-order valence-corrected chi connectivity index (χ2v) is 9.38. The van der Waals surface area contributed by atoms with E-state index >= 15 is 0 Å². The van der Waals surface area contributed by atoms with Crippen LogP contribution in [0, 0.1) is 0 Å². The molecule has 0 atom stereocenters. The smallest absolute Gasteiger partial charge is 0.272 e. The van der Waals surface area contributed by atoms with Crippen LogP contribution >= 0.6 is 11.6 Å². The van der Waals surface area contributed by atoms with Crippen LogP contribution in [-0.2, 0) is 0 Å². The van der Waals surface area contributed by atoms with E-state index in [4.69, 9.17) is 21.4 Å². The zero-order chi connectivity index (χ0) is 25.6. The van der Waals surface area contributed by atoms with Crippen LogP contribution in [0.15, 0.2) is 91.0 Å². The lowest BCUT2D eigenvalue weighted by Crippen LogP contribution is -2.49. The van der Waals surface area contributed by atoms with Gasteiger partial charge in [0.2, 0.25) is 0 Å². The molecule has 1 aromatic heterocycles. The molecule has 4 aromatic rings. The average molecular weight is 513 g/mol. The summed E-state index contributed by atoms with van der Waals surface area (Å²) in [6.07, 6.45) is 4.32. The first-order valence-corrected chi connectivity index (χ1v) is 12.7. The summed E-state index contributed by atoms with van der Waals surface area (Å²) in [5.74, 6) is 0.696. The maximum Gasteiger partial charge on any atom is 0.272 e. The van der Waals surface area contributed by atoms with Gasteiger partial charge in [-0.15, -0.1) is 0 Å². The zero-order valence-corrected chi connectivity index (χ0v) is 21.5. The molecule has 188 valence electrons. The van der Waals surface area contributed by atoms with Crippen molar-refractivity contribution >= 4 is 23.6 Å². The Kier molecular flexibility index (Phi) is 7.68. The molecule has 3 aromatic carbocycles. The lowest BCUT2D eigenvalue weighted by atomic mass is 10.1. The normalized spacial score (nSPS) is 14.3. The van der Waals surface area contributed by atoms with E-state index in [9.17, 15) is 4.79 Å². The van der Waals surface area contributed by atoms with Gasteiger partial charge in [0, 0.05) is 43.3 Å². The maximum atomic E-state index is 13.7. The van der Waals surface area contributed by atoms with Crippen molar-refractivity contribution in [3.05, 3.63) is 107 Å². The molecular formula is C30H29ClN4O2. The number of ether oxygens (including phenoxy) is 1. The van der Waals surface area contributed by atoms with Crippen LogP contribution in [0.3, 0.4) is 0 Å². The highest BCUT2D eigenvalue weighted by molar-refractivity contribution is 6.30. The predicted octanol–water partition coefficient (Wildman–Crippen LogP) is 5.67. The van der Waals surface area contributed by atoms with E-state index in [1.165, 1.54) is 5.56 Å². The molecule has 0 spiro atoms. The first-order chi connectivity index (χ1) is 18.1. The van der Waals surface area contributed by atoms with Crippen molar-refractivity contribution in [2.75, 3.05) is 39.8 Å². The van der Waals surface area contributed by atoms with Gasteiger partial charge < -0.3 is 9.64 Å². The Hall–Kier alpha value is -3.87. The highest BCUT2D eigenvalue weighted by Gasteiger charge is 2.26. The molecular weight excluding hydrogens is 484 g/mol. The van der Waals surface area contributed by atoms with Crippen LogP contribution in [0.2, 0.25) is 5.02 Å². The van der Waals surface area contributed by atoms with Crippen LogP contribution in [0.4, 0.5) is 0 Å². The van der Waals surface area contributed by atoms with E-state index in [0.717, 1.165) is 36.6 Å². The first kappa shape index (κ1) is 24.8. The minimum atomic E-state index is -0.0406. The van der Waals surface area contributed by atoms with Gasteiger partial charge in [0.1, 0.15) is 11.4 Å². The van der Waals surface area contributed by atoms with E-state index in [1.54, 1.807) is 11.8 Å². The van der Waals surface area contributed by atoms with E-state index in [-0.39, 0.29) is 5.91 Å². The van der Waals surface area contributed by atoms with E-state index in [0.29, 0.717) is 29.5 Å². The molecule has 1 aliphatic heterocycles. The van der Waals surface area contributed by atoms with Crippen LogP contribution in [-0.4, -0.2) is 65.3 Å². The fourth-order valence-electron chi connectivity index (χ4n) is 4.46. The maximum absolute atomic E-state index is 13.7. The van der Waals surface area contributed by atoms with Crippen molar-refractivity contribution in [3.63, 3.8) is 0 Å². The summed E-state index contributed by atoms with van der Waals surface area (Å²) in [6, 6.07) is 27.2. The summed E-state index contributed by atoms with van der Waals surface area (Å²) in [5.41, 5.74) is 4.03. The van der Waals surface area contributed by atoms with E-state index in [1.807, 2.05) is 77.7 Å². The number of methoxy groups -OCH3 is 1. The fraction of sp³-hybridized carbons (Fsp3) is 0.200. The number of piperazine rings is 1. The monoisotopic (exact) mass is 512 g/mol. The Bertz CT molecular complexity index is 1390. The molecule has 7 heteroatoms. The summed E-state index contributed by atoms with van der Waals surface area (Å²) >= 11 is 6.27. The number of carbonyl (C=O) groups excluding carboxylic acids is 1. The molecule has 1 saturated heterocycles. The molecule has 0 unspecified atom stereocenters. The van der Waals surface area contributed by atoms with Crippen LogP contribution in [0.1, 0.15) is 16.1 Å². The molecule has 1 fully saturated rings. The Morgan fingerprint density at radius 2 is 1.73 bits per heavy atom. The van der Waals surface area contributed by atoms with Crippen LogP contribution in [0.5, 0.6) is 5.75 Å². The minimum Gasteiger partial charge on any atom is -0.497 e. The molecule has 0 bridgehead atoms. The van der Waals surface area contributed by atoms with E-state index in [2.05, 4.69) is 29.2 Å². The summed E-state index contributed by atoms with van der Waals surface area (Å²) in [6.45, 7) is 3.82. The van der Waals surface area contributed by atoms with Gasteiger partial charge in [0.25, 0.3) is 5.91 Å².